The van der Waals surface area contributed by atoms with E-state index in [1.807, 2.05) is 0 Å². The molecule has 0 fully saturated rings. The van der Waals surface area contributed by atoms with Gasteiger partial charge in [0.25, 0.3) is 5.91 Å². The third kappa shape index (κ3) is 3.12. The van der Waals surface area contributed by atoms with Gasteiger partial charge in [-0.25, -0.2) is 4.79 Å². The molecule has 1 aromatic carbocycles. The summed E-state index contributed by atoms with van der Waals surface area (Å²) in [5.41, 5.74) is 0.959. The second-order valence-electron chi connectivity index (χ2n) is 3.14. The topological polar surface area (TPSA) is 66.4 Å². The Labute approximate surface area is 102 Å². The Morgan fingerprint density at radius 3 is 2.50 bits per heavy atom. The van der Waals surface area contributed by atoms with Gasteiger partial charge < -0.3 is 10.4 Å². The number of anilines is 1. The highest BCUT2D eigenvalue weighted by Crippen LogP contribution is 2.18. The van der Waals surface area contributed by atoms with Gasteiger partial charge >= 0.3 is 5.97 Å². The third-order valence-electron chi connectivity index (χ3n) is 1.86. The van der Waals surface area contributed by atoms with Crippen molar-refractivity contribution in [1.82, 2.24) is 0 Å². The van der Waals surface area contributed by atoms with E-state index in [-0.39, 0.29) is 11.3 Å². The van der Waals surface area contributed by atoms with Gasteiger partial charge in [-0.1, -0.05) is 34.8 Å². The number of carbonyl (C=O) groups is 2. The predicted octanol–water partition coefficient (Wildman–Crippen LogP) is 2.44. The molecular formula is C10H9Cl2NO3. The van der Waals surface area contributed by atoms with Crippen LogP contribution in [0.1, 0.15) is 15.9 Å². The first-order valence-electron chi connectivity index (χ1n) is 4.34. The van der Waals surface area contributed by atoms with Gasteiger partial charge in [-0.05, 0) is 19.1 Å². The van der Waals surface area contributed by atoms with E-state index in [2.05, 4.69) is 5.32 Å². The van der Waals surface area contributed by atoms with Crippen molar-refractivity contribution in [2.24, 2.45) is 0 Å². The second-order valence-corrected chi connectivity index (χ2v) is 4.24. The standard InChI is InChI=1S/C10H9Cl2NO3/c1-5-2-3-7(6(4-5)10(15)16)13-9(14)8(11)12/h2-4,8H,1H3,(H,13,14)(H,15,16). The van der Waals surface area contributed by atoms with Crippen LogP contribution in [0.4, 0.5) is 5.69 Å². The summed E-state index contributed by atoms with van der Waals surface area (Å²) in [7, 11) is 0. The summed E-state index contributed by atoms with van der Waals surface area (Å²) in [6.45, 7) is 1.75. The van der Waals surface area contributed by atoms with Gasteiger partial charge in [-0.15, -0.1) is 0 Å². The Morgan fingerprint density at radius 2 is 2.00 bits per heavy atom. The number of amides is 1. The third-order valence-corrected chi connectivity index (χ3v) is 2.26. The van der Waals surface area contributed by atoms with Crippen molar-refractivity contribution in [3.05, 3.63) is 29.3 Å². The molecule has 4 nitrogen and oxygen atoms in total. The van der Waals surface area contributed by atoms with E-state index in [0.29, 0.717) is 0 Å². The number of carboxylic acid groups (broad SMARTS) is 1. The SMILES string of the molecule is Cc1ccc(NC(=O)C(Cl)Cl)c(C(=O)O)c1. The highest BCUT2D eigenvalue weighted by atomic mass is 35.5. The smallest absolute Gasteiger partial charge is 0.337 e. The number of carbonyl (C=O) groups excluding carboxylic acids is 1. The molecule has 0 aliphatic rings. The molecule has 0 saturated carbocycles. The normalized spacial score (nSPS) is 10.2. The van der Waals surface area contributed by atoms with Crippen LogP contribution in [0, 0.1) is 6.92 Å². The molecule has 0 aromatic heterocycles. The van der Waals surface area contributed by atoms with E-state index < -0.39 is 16.7 Å². The van der Waals surface area contributed by atoms with Crippen LogP contribution >= 0.6 is 23.2 Å². The summed E-state index contributed by atoms with van der Waals surface area (Å²) in [5.74, 6) is -1.78. The Kier molecular flexibility index (Phi) is 4.15. The molecule has 1 amide bonds. The van der Waals surface area contributed by atoms with Crippen LogP contribution in [0.3, 0.4) is 0 Å². The molecular weight excluding hydrogens is 253 g/mol. The minimum Gasteiger partial charge on any atom is -0.478 e. The van der Waals surface area contributed by atoms with Gasteiger partial charge in [-0.2, -0.15) is 0 Å². The van der Waals surface area contributed by atoms with Gasteiger partial charge in [0.05, 0.1) is 11.3 Å². The molecule has 1 aromatic rings. The van der Waals surface area contributed by atoms with E-state index in [4.69, 9.17) is 28.3 Å². The summed E-state index contributed by atoms with van der Waals surface area (Å²) in [5, 5.41) is 11.3. The fourth-order valence-electron chi connectivity index (χ4n) is 1.13. The molecule has 0 saturated heterocycles. The van der Waals surface area contributed by atoms with Crippen molar-refractivity contribution in [2.45, 2.75) is 11.8 Å². The Hall–Kier alpha value is -1.26. The van der Waals surface area contributed by atoms with E-state index in [0.717, 1.165) is 5.56 Å². The van der Waals surface area contributed by atoms with Crippen LogP contribution in [-0.4, -0.2) is 21.8 Å². The molecule has 0 unspecified atom stereocenters. The predicted molar refractivity (Wildman–Crippen MR) is 62.3 cm³/mol. The monoisotopic (exact) mass is 261 g/mol. The summed E-state index contributed by atoms with van der Waals surface area (Å²) < 4.78 is 0. The van der Waals surface area contributed by atoms with Crippen LogP contribution in [0.5, 0.6) is 0 Å². The number of aromatic carboxylic acids is 1. The quantitative estimate of drug-likeness (QED) is 0.822. The number of carboxylic acids is 1. The van der Waals surface area contributed by atoms with E-state index >= 15 is 0 Å². The van der Waals surface area contributed by atoms with Crippen molar-refractivity contribution in [3.8, 4) is 0 Å². The Morgan fingerprint density at radius 1 is 1.38 bits per heavy atom. The molecule has 2 N–H and O–H groups in total. The van der Waals surface area contributed by atoms with Crippen molar-refractivity contribution < 1.29 is 14.7 Å². The number of rotatable bonds is 3. The molecule has 0 atom stereocenters. The number of nitrogens with one attached hydrogen (secondary N) is 1. The highest BCUT2D eigenvalue weighted by Gasteiger charge is 2.16. The molecule has 0 radical (unpaired) electrons. The molecule has 0 aliphatic carbocycles. The van der Waals surface area contributed by atoms with Gasteiger partial charge in [0.15, 0.2) is 4.84 Å². The number of benzene rings is 1. The number of aryl methyl sites for hydroxylation is 1. The maximum Gasteiger partial charge on any atom is 0.337 e. The van der Waals surface area contributed by atoms with E-state index in [9.17, 15) is 9.59 Å². The Bertz CT molecular complexity index is 432. The lowest BCUT2D eigenvalue weighted by molar-refractivity contribution is -0.114. The zero-order valence-electron chi connectivity index (χ0n) is 8.33. The maximum absolute atomic E-state index is 11.2. The minimum absolute atomic E-state index is 0.00216. The molecule has 86 valence electrons. The number of hydrogen-bond acceptors (Lipinski definition) is 2. The molecule has 1 rings (SSSR count). The maximum atomic E-state index is 11.2. The zero-order valence-corrected chi connectivity index (χ0v) is 9.84. The average molecular weight is 262 g/mol. The molecule has 16 heavy (non-hydrogen) atoms. The molecule has 0 aliphatic heterocycles. The van der Waals surface area contributed by atoms with E-state index in [1.54, 1.807) is 13.0 Å². The van der Waals surface area contributed by atoms with Gasteiger partial charge in [0, 0.05) is 0 Å². The van der Waals surface area contributed by atoms with Crippen molar-refractivity contribution in [1.29, 1.82) is 0 Å². The van der Waals surface area contributed by atoms with Crippen molar-refractivity contribution in [2.75, 3.05) is 5.32 Å². The fraction of sp³-hybridized carbons (Fsp3) is 0.200. The zero-order chi connectivity index (χ0) is 12.3. The largest absolute Gasteiger partial charge is 0.478 e. The van der Waals surface area contributed by atoms with Crippen LogP contribution in [0.15, 0.2) is 18.2 Å². The van der Waals surface area contributed by atoms with Crippen LogP contribution in [0.25, 0.3) is 0 Å². The van der Waals surface area contributed by atoms with Crippen molar-refractivity contribution in [3.63, 3.8) is 0 Å². The first kappa shape index (κ1) is 12.8. The van der Waals surface area contributed by atoms with Crippen LogP contribution in [-0.2, 0) is 4.79 Å². The molecule has 0 heterocycles. The summed E-state index contributed by atoms with van der Waals surface area (Å²) in [4.78, 5) is 20.9. The number of halogens is 2. The van der Waals surface area contributed by atoms with Gasteiger partial charge in [0.1, 0.15) is 0 Å². The summed E-state index contributed by atoms with van der Waals surface area (Å²) in [6.07, 6.45) is 0. The fourth-order valence-corrected chi connectivity index (χ4v) is 1.24. The van der Waals surface area contributed by atoms with Crippen LogP contribution in [0.2, 0.25) is 0 Å². The average Bonchev–Trinajstić information content (AvgIpc) is 2.20. The lowest BCUT2D eigenvalue weighted by Gasteiger charge is -2.09. The minimum atomic E-state index is -1.23. The summed E-state index contributed by atoms with van der Waals surface area (Å²) >= 11 is 10.7. The number of hydrogen-bond donors (Lipinski definition) is 2. The summed E-state index contributed by atoms with van der Waals surface area (Å²) in [6, 6.07) is 4.63. The molecule has 6 heteroatoms. The molecule has 0 spiro atoms. The lowest BCUT2D eigenvalue weighted by Crippen LogP contribution is -2.20. The highest BCUT2D eigenvalue weighted by molar-refractivity contribution is 6.54. The van der Waals surface area contributed by atoms with Crippen LogP contribution < -0.4 is 5.32 Å². The number of alkyl halides is 2. The second kappa shape index (κ2) is 5.18. The first-order chi connectivity index (χ1) is 7.41. The van der Waals surface area contributed by atoms with Crippen molar-refractivity contribution >= 4 is 40.8 Å². The van der Waals surface area contributed by atoms with E-state index in [1.165, 1.54) is 12.1 Å². The van der Waals surface area contributed by atoms with Gasteiger partial charge in [-0.3, -0.25) is 4.79 Å². The first-order valence-corrected chi connectivity index (χ1v) is 5.22. The van der Waals surface area contributed by atoms with Gasteiger partial charge in [0.2, 0.25) is 0 Å². The Balaban J connectivity index is 3.04. The lowest BCUT2D eigenvalue weighted by atomic mass is 10.1. The molecule has 0 bridgehead atoms.